The summed E-state index contributed by atoms with van der Waals surface area (Å²) in [4.78, 5) is 39.1. The van der Waals surface area contributed by atoms with Crippen LogP contribution in [0.5, 0.6) is 0 Å². The van der Waals surface area contributed by atoms with Gasteiger partial charge in [0.05, 0.1) is 34.6 Å². The number of oxazole rings is 1. The van der Waals surface area contributed by atoms with Gasteiger partial charge in [0, 0.05) is 30.5 Å². The van der Waals surface area contributed by atoms with Crippen LogP contribution in [0.3, 0.4) is 0 Å². The van der Waals surface area contributed by atoms with Crippen molar-refractivity contribution >= 4 is 39.4 Å². The van der Waals surface area contributed by atoms with Crippen molar-refractivity contribution in [3.8, 4) is 0 Å². The van der Waals surface area contributed by atoms with Crippen molar-refractivity contribution in [1.29, 1.82) is 0 Å². The maximum absolute atomic E-state index is 12.3. The summed E-state index contributed by atoms with van der Waals surface area (Å²) in [5.41, 5.74) is 1.76. The summed E-state index contributed by atoms with van der Waals surface area (Å²) in [6.45, 7) is 4.27. The first-order valence-corrected chi connectivity index (χ1v) is 9.74. The van der Waals surface area contributed by atoms with Crippen molar-refractivity contribution in [1.82, 2.24) is 19.3 Å². The third kappa shape index (κ3) is 4.02. The highest BCUT2D eigenvalue weighted by atomic mass is 16.6. The zero-order valence-corrected chi connectivity index (χ0v) is 16.9. The van der Waals surface area contributed by atoms with Crippen LogP contribution in [0.15, 0.2) is 45.9 Å². The molecule has 0 saturated carbocycles. The van der Waals surface area contributed by atoms with Gasteiger partial charge in [-0.3, -0.25) is 19.5 Å². The molecule has 1 N–H and O–H groups in total. The molecular formula is C20H20N6O5. The molecule has 1 amide bonds. The normalized spacial score (nSPS) is 11.5. The van der Waals surface area contributed by atoms with Gasteiger partial charge in [0.15, 0.2) is 11.2 Å². The largest absolute Gasteiger partial charge is 0.419 e. The minimum atomic E-state index is -0.618. The highest BCUT2D eigenvalue weighted by Crippen LogP contribution is 2.21. The second-order valence-corrected chi connectivity index (χ2v) is 7.40. The van der Waals surface area contributed by atoms with Crippen LogP contribution in [0.2, 0.25) is 0 Å². The summed E-state index contributed by atoms with van der Waals surface area (Å²) in [6.07, 6.45) is 3.86. The van der Waals surface area contributed by atoms with Gasteiger partial charge in [-0.2, -0.15) is 5.10 Å². The van der Waals surface area contributed by atoms with Gasteiger partial charge in [0.2, 0.25) is 5.91 Å². The van der Waals surface area contributed by atoms with Gasteiger partial charge in [-0.1, -0.05) is 0 Å². The number of hydrogen-bond donors (Lipinski definition) is 1. The standard InChI is InChI=1S/C20H20N6O5/c1-12(2)25-19-13(10-22-25)8-14(11-21-19)23-18(27)4-3-7-24-16-6-5-15(26(29)30)9-17(16)31-20(24)28/h5-6,8-12H,3-4,7H2,1-2H3,(H,23,27). The van der Waals surface area contributed by atoms with Crippen LogP contribution in [0, 0.1) is 10.1 Å². The SMILES string of the molecule is CC(C)n1ncc2cc(NC(=O)CCCn3c(=O)oc4cc([N+](=O)[O-])ccc43)cnc21. The van der Waals surface area contributed by atoms with Gasteiger partial charge in [-0.05, 0) is 32.4 Å². The molecule has 0 aliphatic carbocycles. The molecule has 0 radical (unpaired) electrons. The Morgan fingerprint density at radius 1 is 1.29 bits per heavy atom. The topological polar surface area (TPSA) is 138 Å². The maximum Gasteiger partial charge on any atom is 0.419 e. The molecule has 0 spiro atoms. The summed E-state index contributed by atoms with van der Waals surface area (Å²) >= 11 is 0. The molecule has 4 aromatic rings. The minimum Gasteiger partial charge on any atom is -0.407 e. The molecule has 1 aromatic carbocycles. The van der Waals surface area contributed by atoms with Crippen LogP contribution in [0.25, 0.3) is 22.1 Å². The Labute approximate surface area is 175 Å². The van der Waals surface area contributed by atoms with E-state index in [0.717, 1.165) is 11.0 Å². The Bertz CT molecular complexity index is 1350. The maximum atomic E-state index is 12.3. The molecule has 4 rings (SSSR count). The number of fused-ring (bicyclic) bond motifs is 2. The first-order chi connectivity index (χ1) is 14.8. The third-order valence-electron chi connectivity index (χ3n) is 4.85. The third-order valence-corrected chi connectivity index (χ3v) is 4.85. The first kappa shape index (κ1) is 20.3. The zero-order valence-electron chi connectivity index (χ0n) is 16.9. The van der Waals surface area contributed by atoms with Crippen molar-refractivity contribution in [3.05, 3.63) is 57.3 Å². The molecule has 0 atom stereocenters. The number of nitrogens with one attached hydrogen (secondary N) is 1. The van der Waals surface area contributed by atoms with Crippen molar-refractivity contribution in [2.75, 3.05) is 5.32 Å². The molecule has 0 unspecified atom stereocenters. The fourth-order valence-electron chi connectivity index (χ4n) is 3.39. The van der Waals surface area contributed by atoms with E-state index in [4.69, 9.17) is 4.42 Å². The van der Waals surface area contributed by atoms with E-state index in [2.05, 4.69) is 15.4 Å². The summed E-state index contributed by atoms with van der Waals surface area (Å²) in [6, 6.07) is 5.98. The Kier molecular flexibility index (Phi) is 5.24. The second kappa shape index (κ2) is 8.01. The Morgan fingerprint density at radius 3 is 2.84 bits per heavy atom. The van der Waals surface area contributed by atoms with E-state index in [1.807, 2.05) is 24.6 Å². The van der Waals surface area contributed by atoms with Crippen molar-refractivity contribution in [2.24, 2.45) is 0 Å². The molecule has 0 saturated heterocycles. The molecule has 0 aliphatic rings. The number of nitrogens with zero attached hydrogens (tertiary/aromatic N) is 5. The summed E-state index contributed by atoms with van der Waals surface area (Å²) in [7, 11) is 0. The van der Waals surface area contributed by atoms with Crippen molar-refractivity contribution in [2.45, 2.75) is 39.3 Å². The van der Waals surface area contributed by atoms with Crippen LogP contribution >= 0.6 is 0 Å². The van der Waals surface area contributed by atoms with E-state index >= 15 is 0 Å². The molecule has 31 heavy (non-hydrogen) atoms. The van der Waals surface area contributed by atoms with E-state index in [9.17, 15) is 19.7 Å². The lowest BCUT2D eigenvalue weighted by Gasteiger charge is -2.08. The molecule has 11 heteroatoms. The number of aromatic nitrogens is 4. The molecule has 0 bridgehead atoms. The van der Waals surface area contributed by atoms with Gasteiger partial charge in [-0.25, -0.2) is 14.5 Å². The Morgan fingerprint density at radius 2 is 2.10 bits per heavy atom. The molecular weight excluding hydrogens is 404 g/mol. The second-order valence-electron chi connectivity index (χ2n) is 7.40. The number of rotatable bonds is 7. The van der Waals surface area contributed by atoms with Crippen molar-refractivity contribution in [3.63, 3.8) is 0 Å². The summed E-state index contributed by atoms with van der Waals surface area (Å²) < 4.78 is 8.26. The van der Waals surface area contributed by atoms with Crippen LogP contribution in [0.4, 0.5) is 11.4 Å². The van der Waals surface area contributed by atoms with Crippen LogP contribution in [0.1, 0.15) is 32.7 Å². The number of nitro groups is 1. The molecule has 3 aromatic heterocycles. The van der Waals surface area contributed by atoms with Gasteiger partial charge < -0.3 is 9.73 Å². The van der Waals surface area contributed by atoms with E-state index in [1.165, 1.54) is 22.8 Å². The van der Waals surface area contributed by atoms with Gasteiger partial charge >= 0.3 is 5.76 Å². The number of non-ortho nitro benzene ring substituents is 1. The number of carbonyl (C=O) groups is 1. The lowest BCUT2D eigenvalue weighted by Crippen LogP contribution is -2.17. The summed E-state index contributed by atoms with van der Waals surface area (Å²) in [5, 5.41) is 18.8. The van der Waals surface area contributed by atoms with Crippen LogP contribution in [-0.4, -0.2) is 30.2 Å². The van der Waals surface area contributed by atoms with Crippen LogP contribution in [-0.2, 0) is 11.3 Å². The monoisotopic (exact) mass is 424 g/mol. The van der Waals surface area contributed by atoms with Crippen LogP contribution < -0.4 is 11.1 Å². The number of pyridine rings is 1. The lowest BCUT2D eigenvalue weighted by atomic mass is 10.2. The average molecular weight is 424 g/mol. The molecule has 0 aliphatic heterocycles. The smallest absolute Gasteiger partial charge is 0.407 e. The number of anilines is 1. The molecule has 160 valence electrons. The van der Waals surface area contributed by atoms with E-state index in [-0.39, 0.29) is 36.2 Å². The fourth-order valence-corrected chi connectivity index (χ4v) is 3.39. The first-order valence-electron chi connectivity index (χ1n) is 9.74. The van der Waals surface area contributed by atoms with E-state index in [0.29, 0.717) is 17.6 Å². The zero-order chi connectivity index (χ0) is 22.1. The number of nitro benzene ring substituents is 1. The minimum absolute atomic E-state index is 0.143. The number of carbonyl (C=O) groups excluding carboxylic acids is 1. The number of hydrogen-bond acceptors (Lipinski definition) is 7. The lowest BCUT2D eigenvalue weighted by molar-refractivity contribution is -0.384. The van der Waals surface area contributed by atoms with Gasteiger partial charge in [0.25, 0.3) is 5.69 Å². The summed E-state index contributed by atoms with van der Waals surface area (Å²) in [5.74, 6) is -0.832. The molecule has 3 heterocycles. The number of benzene rings is 1. The van der Waals surface area contributed by atoms with Gasteiger partial charge in [0.1, 0.15) is 0 Å². The fraction of sp³-hybridized carbons (Fsp3) is 0.300. The predicted molar refractivity (Wildman–Crippen MR) is 113 cm³/mol. The molecule has 0 fully saturated rings. The quantitative estimate of drug-likeness (QED) is 0.355. The highest BCUT2D eigenvalue weighted by Gasteiger charge is 2.15. The molecule has 11 nitrogen and oxygen atoms in total. The Balaban J connectivity index is 1.39. The number of amides is 1. The highest BCUT2D eigenvalue weighted by molar-refractivity contribution is 5.92. The van der Waals surface area contributed by atoms with E-state index in [1.54, 1.807) is 12.4 Å². The Hall–Kier alpha value is -4.02. The average Bonchev–Trinajstić information content (AvgIpc) is 3.28. The number of aryl methyl sites for hydroxylation is 1. The van der Waals surface area contributed by atoms with Crippen molar-refractivity contribution < 1.29 is 14.1 Å². The van der Waals surface area contributed by atoms with Gasteiger partial charge in [-0.15, -0.1) is 0 Å². The predicted octanol–water partition coefficient (Wildman–Crippen LogP) is 3.25. The van der Waals surface area contributed by atoms with E-state index < -0.39 is 10.7 Å².